The van der Waals surface area contributed by atoms with E-state index in [1.165, 1.54) is 12.1 Å². The fourth-order valence-corrected chi connectivity index (χ4v) is 9.30. The van der Waals surface area contributed by atoms with E-state index in [1.54, 1.807) is 46.8 Å². The summed E-state index contributed by atoms with van der Waals surface area (Å²) >= 11 is 1.59. The average Bonchev–Trinajstić information content (AvgIpc) is 4.00. The standard InChI is InChI=1S/C51H54F2N12O5S/c1-3-28-71-49-60-44(55-23-21-54)43-45(61-49)65(63-62-43)31-34-12-10-33(11-13-34)6-5-22-56-46(66)35-17-25-64(26-18-35)27-24-57-47(67)37-8-4-7-36(29-37)42-32(2)9-16-41(58-42)59-48(68)50(19-20-50)38-14-15-39-40(30-38)70-51(52,53)69-39/h4,7-16,29-30,35H,3,17-28,31,54H2,1-2H3,(H,56,66)(H,57,67)(H,55,60,61)(H,58,59,68). The molecular formula is C51H54F2N12O5S. The van der Waals surface area contributed by atoms with Crippen LogP contribution in [-0.2, 0) is 21.5 Å². The fraction of sp³-hybridized carbons (Fsp3) is 0.373. The molecule has 2 fully saturated rings. The van der Waals surface area contributed by atoms with Crippen molar-refractivity contribution in [2.45, 2.75) is 69.4 Å². The maximum Gasteiger partial charge on any atom is 0.586 e. The summed E-state index contributed by atoms with van der Waals surface area (Å²) in [5, 5.41) is 21.5. The van der Waals surface area contributed by atoms with E-state index in [0.717, 1.165) is 42.0 Å². The average molecular weight is 985 g/mol. The molecule has 0 radical (unpaired) electrons. The highest BCUT2D eigenvalue weighted by Gasteiger charge is 2.53. The van der Waals surface area contributed by atoms with E-state index in [0.29, 0.717) is 109 Å². The largest absolute Gasteiger partial charge is 0.586 e. The summed E-state index contributed by atoms with van der Waals surface area (Å²) in [5.41, 5.74) is 11.1. The number of carbonyl (C=O) groups excluding carboxylic acids is 3. The first kappa shape index (κ1) is 48.8. The van der Waals surface area contributed by atoms with Crippen LogP contribution >= 0.6 is 11.8 Å². The molecule has 6 aromatic rings. The normalized spacial score (nSPS) is 15.7. The Labute approximate surface area is 413 Å². The molecule has 1 saturated heterocycles. The number of aromatic nitrogens is 6. The minimum absolute atomic E-state index is 0.00790. The topological polar surface area (TPSA) is 216 Å². The third kappa shape index (κ3) is 11.5. The fourth-order valence-electron chi connectivity index (χ4n) is 8.60. The molecule has 0 spiro atoms. The lowest BCUT2D eigenvalue weighted by atomic mass is 9.94. The van der Waals surface area contributed by atoms with Crippen LogP contribution in [0.5, 0.6) is 11.5 Å². The van der Waals surface area contributed by atoms with Gasteiger partial charge in [-0.1, -0.05) is 72.1 Å². The smallest absolute Gasteiger partial charge is 0.395 e. The number of carbonyl (C=O) groups is 3. The van der Waals surface area contributed by atoms with Crippen molar-refractivity contribution in [2.75, 3.05) is 62.2 Å². The second-order valence-corrected chi connectivity index (χ2v) is 18.8. The first-order valence-electron chi connectivity index (χ1n) is 23.7. The van der Waals surface area contributed by atoms with Crippen molar-refractivity contribution < 1.29 is 32.6 Å². The molecule has 368 valence electrons. The Balaban J connectivity index is 0.703. The van der Waals surface area contributed by atoms with Gasteiger partial charge in [0.2, 0.25) is 11.8 Å². The third-order valence-electron chi connectivity index (χ3n) is 12.6. The zero-order valence-electron chi connectivity index (χ0n) is 39.4. The Morgan fingerprint density at radius 2 is 1.73 bits per heavy atom. The third-order valence-corrected chi connectivity index (χ3v) is 13.7. The Bertz CT molecular complexity index is 3000. The number of hydrogen-bond donors (Lipinski definition) is 5. The van der Waals surface area contributed by atoms with Crippen LogP contribution in [0.4, 0.5) is 20.4 Å². The maximum atomic E-state index is 13.6. The number of amides is 3. The maximum absolute atomic E-state index is 13.6. The number of piperidine rings is 1. The number of ether oxygens (including phenoxy) is 2. The van der Waals surface area contributed by atoms with Gasteiger partial charge in [-0.25, -0.2) is 19.6 Å². The minimum atomic E-state index is -3.75. The van der Waals surface area contributed by atoms with Crippen molar-refractivity contribution in [1.29, 1.82) is 0 Å². The monoisotopic (exact) mass is 984 g/mol. The number of benzene rings is 3. The SMILES string of the molecule is CCCSc1nc(NCCN)c2nnn(Cc3ccc(C#CCNC(=O)C4CCN(CCNC(=O)c5cccc(-c6nc(NC(=O)C7(c8ccc9c(c8)OC(F)(F)O9)CC7)ccc6C)c5)CC4)cc3)c2n1. The van der Waals surface area contributed by atoms with Crippen LogP contribution in [0.1, 0.15) is 71.6 Å². The Kier molecular flexibility index (Phi) is 14.7. The van der Waals surface area contributed by atoms with Gasteiger partial charge < -0.3 is 41.4 Å². The molecule has 5 heterocycles. The molecule has 3 aromatic carbocycles. The summed E-state index contributed by atoms with van der Waals surface area (Å²) in [5.74, 6) is 7.24. The number of hydrogen-bond acceptors (Lipinski definition) is 14. The number of thioether (sulfide) groups is 1. The first-order chi connectivity index (χ1) is 34.4. The number of alkyl halides is 2. The highest BCUT2D eigenvalue weighted by molar-refractivity contribution is 7.99. The van der Waals surface area contributed by atoms with Crippen molar-refractivity contribution in [3.05, 3.63) is 107 Å². The van der Waals surface area contributed by atoms with Crippen molar-refractivity contribution in [3.8, 4) is 34.6 Å². The van der Waals surface area contributed by atoms with E-state index in [-0.39, 0.29) is 41.7 Å². The molecule has 71 heavy (non-hydrogen) atoms. The molecule has 9 rings (SSSR count). The lowest BCUT2D eigenvalue weighted by Crippen LogP contribution is -2.43. The van der Waals surface area contributed by atoms with Crippen LogP contribution in [0.15, 0.2) is 84.0 Å². The lowest BCUT2D eigenvalue weighted by molar-refractivity contribution is -0.286. The van der Waals surface area contributed by atoms with Crippen LogP contribution in [0.2, 0.25) is 0 Å². The lowest BCUT2D eigenvalue weighted by Gasteiger charge is -2.31. The Morgan fingerprint density at radius 1 is 0.930 bits per heavy atom. The Hall–Kier alpha value is -7.21. The molecule has 1 aliphatic carbocycles. The van der Waals surface area contributed by atoms with Crippen LogP contribution in [0.25, 0.3) is 22.4 Å². The van der Waals surface area contributed by atoms with Gasteiger partial charge in [0.15, 0.2) is 33.6 Å². The van der Waals surface area contributed by atoms with Gasteiger partial charge in [0.05, 0.1) is 24.2 Å². The summed E-state index contributed by atoms with van der Waals surface area (Å²) in [4.78, 5) is 56.3. The molecule has 20 heteroatoms. The van der Waals surface area contributed by atoms with Gasteiger partial charge in [-0.2, -0.15) is 0 Å². The highest BCUT2D eigenvalue weighted by atomic mass is 32.2. The number of halogens is 2. The number of fused-ring (bicyclic) bond motifs is 2. The molecule has 3 aliphatic rings. The number of likely N-dealkylation sites (tertiary alicyclic amines) is 1. The Morgan fingerprint density at radius 3 is 2.51 bits per heavy atom. The number of nitrogens with one attached hydrogen (secondary N) is 4. The van der Waals surface area contributed by atoms with Crippen molar-refractivity contribution >= 4 is 52.3 Å². The molecule has 2 aliphatic heterocycles. The van der Waals surface area contributed by atoms with E-state index in [9.17, 15) is 23.2 Å². The molecule has 3 aromatic heterocycles. The number of rotatable bonds is 18. The van der Waals surface area contributed by atoms with Gasteiger partial charge >= 0.3 is 6.29 Å². The molecule has 0 unspecified atom stereocenters. The predicted molar refractivity (Wildman–Crippen MR) is 265 cm³/mol. The van der Waals surface area contributed by atoms with Crippen LogP contribution < -0.4 is 36.5 Å². The molecule has 0 bridgehead atoms. The van der Waals surface area contributed by atoms with Crippen molar-refractivity contribution in [3.63, 3.8) is 0 Å². The highest BCUT2D eigenvalue weighted by Crippen LogP contribution is 2.52. The summed E-state index contributed by atoms with van der Waals surface area (Å²) in [6.07, 6.45) is -0.252. The van der Waals surface area contributed by atoms with Crippen molar-refractivity contribution in [2.24, 2.45) is 11.7 Å². The van der Waals surface area contributed by atoms with E-state index >= 15 is 0 Å². The predicted octanol–water partition coefficient (Wildman–Crippen LogP) is 6.11. The van der Waals surface area contributed by atoms with Crippen molar-refractivity contribution in [1.82, 2.24) is 45.5 Å². The van der Waals surface area contributed by atoms with E-state index in [2.05, 4.69) is 69.7 Å². The number of pyridine rings is 1. The summed E-state index contributed by atoms with van der Waals surface area (Å²) in [7, 11) is 0. The number of aryl methyl sites for hydroxylation is 1. The summed E-state index contributed by atoms with van der Waals surface area (Å²) < 4.78 is 38.2. The zero-order chi connectivity index (χ0) is 49.5. The quantitative estimate of drug-likeness (QED) is 0.0373. The van der Waals surface area contributed by atoms with E-state index in [4.69, 9.17) is 15.7 Å². The molecule has 0 atom stereocenters. The number of nitrogens with two attached hydrogens (primary N) is 1. The summed E-state index contributed by atoms with van der Waals surface area (Å²) in [6.45, 7) is 8.30. The summed E-state index contributed by atoms with van der Waals surface area (Å²) in [6, 6.07) is 23.0. The molecule has 17 nitrogen and oxygen atoms in total. The molecular weight excluding hydrogens is 931 g/mol. The van der Waals surface area contributed by atoms with Crippen LogP contribution in [0, 0.1) is 24.7 Å². The molecule has 1 saturated carbocycles. The molecule has 3 amide bonds. The number of anilines is 2. The minimum Gasteiger partial charge on any atom is -0.395 e. The second kappa shape index (κ2) is 21.4. The van der Waals surface area contributed by atoms with Gasteiger partial charge in [-0.05, 0) is 111 Å². The van der Waals surface area contributed by atoms with Crippen LogP contribution in [0.3, 0.4) is 0 Å². The van der Waals surface area contributed by atoms with Gasteiger partial charge in [0, 0.05) is 54.5 Å². The van der Waals surface area contributed by atoms with Gasteiger partial charge in [0.1, 0.15) is 5.82 Å². The number of nitrogens with zero attached hydrogens (tertiary/aromatic N) is 7. The van der Waals surface area contributed by atoms with Gasteiger partial charge in [-0.3, -0.25) is 14.4 Å². The van der Waals surface area contributed by atoms with Gasteiger partial charge in [-0.15, -0.1) is 13.9 Å². The van der Waals surface area contributed by atoms with Crippen LogP contribution in [-0.4, -0.2) is 110 Å². The zero-order valence-corrected chi connectivity index (χ0v) is 40.2. The van der Waals surface area contributed by atoms with E-state index in [1.807, 2.05) is 43.3 Å². The van der Waals surface area contributed by atoms with Gasteiger partial charge in [0.25, 0.3) is 5.91 Å². The van der Waals surface area contributed by atoms with E-state index < -0.39 is 11.7 Å². The first-order valence-corrected chi connectivity index (χ1v) is 24.7. The second-order valence-electron chi connectivity index (χ2n) is 17.7. The molecule has 6 N–H and O–H groups in total.